The first-order valence-electron chi connectivity index (χ1n) is 4.49. The van der Waals surface area contributed by atoms with Gasteiger partial charge in [-0.15, -0.1) is 22.7 Å². The molecule has 4 nitrogen and oxygen atoms in total. The van der Waals surface area contributed by atoms with Crippen molar-refractivity contribution in [3.05, 3.63) is 28.1 Å². The average Bonchev–Trinajstić information content (AvgIpc) is 2.77. The first-order valence-corrected chi connectivity index (χ1v) is 7.67. The summed E-state index contributed by atoms with van der Waals surface area (Å²) in [7, 11) is -3.46. The van der Waals surface area contributed by atoms with Crippen molar-refractivity contribution in [2.75, 3.05) is 4.72 Å². The fraction of sp³-hybridized carbons (Fsp3) is 0.222. The quantitative estimate of drug-likeness (QED) is 0.936. The van der Waals surface area contributed by atoms with Crippen LogP contribution in [0.25, 0.3) is 0 Å². The summed E-state index contributed by atoms with van der Waals surface area (Å²) in [6.07, 6.45) is 0. The van der Waals surface area contributed by atoms with Gasteiger partial charge in [-0.1, -0.05) is 6.07 Å². The Morgan fingerprint density at radius 2 is 2.12 bits per heavy atom. The Balaban J connectivity index is 2.28. The molecule has 86 valence electrons. The van der Waals surface area contributed by atoms with Gasteiger partial charge in [-0.3, -0.25) is 4.72 Å². The number of anilines is 1. The van der Waals surface area contributed by atoms with Crippen molar-refractivity contribution in [2.24, 2.45) is 0 Å². The van der Waals surface area contributed by atoms with E-state index in [2.05, 4.69) is 9.71 Å². The lowest BCUT2D eigenvalue weighted by molar-refractivity contribution is 0.603. The van der Waals surface area contributed by atoms with Gasteiger partial charge in [-0.25, -0.2) is 13.4 Å². The van der Waals surface area contributed by atoms with Crippen molar-refractivity contribution in [3.8, 4) is 0 Å². The predicted molar refractivity (Wildman–Crippen MR) is 66.7 cm³/mol. The molecule has 0 spiro atoms. The number of aromatic nitrogens is 1. The van der Waals surface area contributed by atoms with Crippen molar-refractivity contribution in [2.45, 2.75) is 18.1 Å². The summed E-state index contributed by atoms with van der Waals surface area (Å²) < 4.78 is 26.5. The molecule has 2 heterocycles. The van der Waals surface area contributed by atoms with Crippen molar-refractivity contribution >= 4 is 37.8 Å². The Morgan fingerprint density at radius 1 is 1.38 bits per heavy atom. The average molecular weight is 274 g/mol. The molecule has 0 bridgehead atoms. The highest BCUT2D eigenvalue weighted by Crippen LogP contribution is 2.25. The number of thiophene rings is 1. The maximum Gasteiger partial charge on any atom is 0.273 e. The summed E-state index contributed by atoms with van der Waals surface area (Å²) in [4.78, 5) is 5.16. The first-order chi connectivity index (χ1) is 7.49. The molecular formula is C9H10N2O2S3. The summed E-state index contributed by atoms with van der Waals surface area (Å²) in [5.74, 6) is 0. The van der Waals surface area contributed by atoms with E-state index in [4.69, 9.17) is 0 Å². The second kappa shape index (κ2) is 4.15. The summed E-state index contributed by atoms with van der Waals surface area (Å²) in [5, 5.41) is 2.15. The second-order valence-electron chi connectivity index (χ2n) is 3.20. The van der Waals surface area contributed by atoms with Gasteiger partial charge in [0.25, 0.3) is 10.0 Å². The number of nitrogens with zero attached hydrogens (tertiary/aromatic N) is 1. The van der Waals surface area contributed by atoms with Gasteiger partial charge in [0, 0.05) is 4.88 Å². The van der Waals surface area contributed by atoms with Gasteiger partial charge in [0.2, 0.25) is 0 Å². The summed E-state index contributed by atoms with van der Waals surface area (Å²) in [5.41, 5.74) is 0.855. The molecule has 0 saturated carbocycles. The topological polar surface area (TPSA) is 59.1 Å². The fourth-order valence-corrected chi connectivity index (χ4v) is 4.14. The number of sulfonamides is 1. The molecule has 2 aromatic heterocycles. The van der Waals surface area contributed by atoms with Crippen LogP contribution in [0, 0.1) is 13.8 Å². The highest BCUT2D eigenvalue weighted by Gasteiger charge is 2.17. The number of hydrogen-bond acceptors (Lipinski definition) is 5. The molecule has 0 aromatic carbocycles. The first kappa shape index (κ1) is 11.6. The summed E-state index contributed by atoms with van der Waals surface area (Å²) in [6, 6.07) is 3.28. The largest absolute Gasteiger partial charge is 0.273 e. The lowest BCUT2D eigenvalue weighted by atomic mass is 10.4. The van der Waals surface area contributed by atoms with Crippen LogP contribution in [-0.2, 0) is 10.0 Å². The normalized spacial score (nSPS) is 11.6. The lowest BCUT2D eigenvalue weighted by Crippen LogP contribution is -2.11. The van der Waals surface area contributed by atoms with Crippen LogP contribution < -0.4 is 4.72 Å². The number of rotatable bonds is 3. The summed E-state index contributed by atoms with van der Waals surface area (Å²) >= 11 is 2.53. The van der Waals surface area contributed by atoms with E-state index in [1.54, 1.807) is 17.5 Å². The number of aryl methyl sites for hydroxylation is 2. The fourth-order valence-electron chi connectivity index (χ4n) is 1.10. The maximum atomic E-state index is 11.8. The zero-order valence-corrected chi connectivity index (χ0v) is 11.2. The molecule has 0 unspecified atom stereocenters. The molecule has 0 fully saturated rings. The zero-order chi connectivity index (χ0) is 11.8. The van der Waals surface area contributed by atoms with E-state index in [9.17, 15) is 8.42 Å². The highest BCUT2D eigenvalue weighted by molar-refractivity contribution is 7.94. The Labute approximate surface area is 102 Å². The monoisotopic (exact) mass is 274 g/mol. The van der Waals surface area contributed by atoms with Crippen LogP contribution in [-0.4, -0.2) is 13.4 Å². The van der Waals surface area contributed by atoms with Crippen LogP contribution >= 0.6 is 22.7 Å². The third-order valence-electron chi connectivity index (χ3n) is 2.01. The van der Waals surface area contributed by atoms with Crippen LogP contribution in [0.5, 0.6) is 0 Å². The molecule has 0 aliphatic heterocycles. The Morgan fingerprint density at radius 3 is 2.62 bits per heavy atom. The van der Waals surface area contributed by atoms with Gasteiger partial charge in [-0.2, -0.15) is 0 Å². The van der Waals surface area contributed by atoms with Crippen molar-refractivity contribution in [1.29, 1.82) is 0 Å². The lowest BCUT2D eigenvalue weighted by Gasteiger charge is -2.01. The smallest absolute Gasteiger partial charge is 0.254 e. The highest BCUT2D eigenvalue weighted by atomic mass is 32.2. The van der Waals surface area contributed by atoms with E-state index >= 15 is 0 Å². The second-order valence-corrected chi connectivity index (χ2v) is 7.26. The van der Waals surface area contributed by atoms with Crippen molar-refractivity contribution in [3.63, 3.8) is 0 Å². The van der Waals surface area contributed by atoms with Crippen LogP contribution in [0.3, 0.4) is 0 Å². The zero-order valence-electron chi connectivity index (χ0n) is 8.72. The molecule has 0 amide bonds. The van der Waals surface area contributed by atoms with E-state index < -0.39 is 10.0 Å². The van der Waals surface area contributed by atoms with E-state index in [1.807, 2.05) is 13.8 Å². The molecule has 7 heteroatoms. The van der Waals surface area contributed by atoms with Crippen LogP contribution in [0.1, 0.15) is 10.6 Å². The van der Waals surface area contributed by atoms with Gasteiger partial charge in [-0.05, 0) is 25.3 Å². The van der Waals surface area contributed by atoms with Gasteiger partial charge in [0.05, 0.1) is 5.69 Å². The molecule has 16 heavy (non-hydrogen) atoms. The Kier molecular flexibility index (Phi) is 3.00. The molecular weight excluding hydrogens is 264 g/mol. The molecule has 0 saturated heterocycles. The van der Waals surface area contributed by atoms with E-state index in [0.717, 1.165) is 10.6 Å². The van der Waals surface area contributed by atoms with Crippen LogP contribution in [0.4, 0.5) is 5.13 Å². The van der Waals surface area contributed by atoms with Crippen LogP contribution in [0.2, 0.25) is 0 Å². The Bertz CT molecular complexity index is 565. The molecule has 0 aliphatic rings. The molecule has 1 N–H and O–H groups in total. The van der Waals surface area contributed by atoms with Crippen molar-refractivity contribution < 1.29 is 8.42 Å². The number of nitrogens with one attached hydrogen (secondary N) is 1. The van der Waals surface area contributed by atoms with E-state index in [0.29, 0.717) is 9.34 Å². The SMILES string of the molecule is Cc1nc(NS(=O)(=O)c2cccs2)sc1C. The van der Waals surface area contributed by atoms with Gasteiger partial charge < -0.3 is 0 Å². The molecule has 0 atom stereocenters. The minimum Gasteiger partial charge on any atom is -0.254 e. The van der Waals surface area contributed by atoms with E-state index in [1.165, 1.54) is 22.7 Å². The molecule has 0 radical (unpaired) electrons. The minimum absolute atomic E-state index is 0.304. The van der Waals surface area contributed by atoms with Gasteiger partial charge >= 0.3 is 0 Å². The van der Waals surface area contributed by atoms with Crippen LogP contribution in [0.15, 0.2) is 21.7 Å². The van der Waals surface area contributed by atoms with Crippen molar-refractivity contribution in [1.82, 2.24) is 4.98 Å². The minimum atomic E-state index is -3.46. The maximum absolute atomic E-state index is 11.8. The predicted octanol–water partition coefficient (Wildman–Crippen LogP) is 2.62. The third-order valence-corrected chi connectivity index (χ3v) is 5.86. The number of thiazole rings is 1. The van der Waals surface area contributed by atoms with E-state index in [-0.39, 0.29) is 0 Å². The van der Waals surface area contributed by atoms with Gasteiger partial charge in [0.1, 0.15) is 4.21 Å². The summed E-state index contributed by atoms with van der Waals surface area (Å²) in [6.45, 7) is 3.77. The third kappa shape index (κ3) is 2.26. The Hall–Kier alpha value is -0.920. The molecule has 2 rings (SSSR count). The number of hydrogen-bond donors (Lipinski definition) is 1. The standard InChI is InChI=1S/C9H10N2O2S3/c1-6-7(2)15-9(10-6)11-16(12,13)8-4-3-5-14-8/h3-5H,1-2H3,(H,10,11). The van der Waals surface area contributed by atoms with Gasteiger partial charge in [0.15, 0.2) is 5.13 Å². The molecule has 0 aliphatic carbocycles. The molecule has 2 aromatic rings.